The summed E-state index contributed by atoms with van der Waals surface area (Å²) in [6.07, 6.45) is 2.28. The fraction of sp³-hybridized carbons (Fsp3) is 0.231. The number of H-pyrrole nitrogens is 1. The molecule has 0 aliphatic rings. The van der Waals surface area contributed by atoms with E-state index in [-0.39, 0.29) is 5.91 Å². The Balaban J connectivity index is 1.86. The van der Waals surface area contributed by atoms with Crippen LogP contribution in [0.3, 0.4) is 0 Å². The van der Waals surface area contributed by atoms with Crippen molar-refractivity contribution in [2.45, 2.75) is 13.3 Å². The number of carbonyl (C=O) groups is 1. The number of nitrogens with zero attached hydrogens (tertiary/aromatic N) is 1. The van der Waals surface area contributed by atoms with Crippen LogP contribution in [0.1, 0.15) is 21.6 Å². The number of hydrogen-bond donors (Lipinski definition) is 2. The van der Waals surface area contributed by atoms with E-state index < -0.39 is 0 Å². The molecule has 0 aliphatic carbocycles. The molecule has 1 amide bonds. The van der Waals surface area contributed by atoms with Gasteiger partial charge in [-0.1, -0.05) is 23.7 Å². The van der Waals surface area contributed by atoms with Gasteiger partial charge in [-0.05, 0) is 31.0 Å². The first-order valence-electron chi connectivity index (χ1n) is 5.69. The first kappa shape index (κ1) is 12.6. The van der Waals surface area contributed by atoms with Crippen LogP contribution in [0, 0.1) is 6.92 Å². The van der Waals surface area contributed by atoms with Crippen LogP contribution in [0.5, 0.6) is 0 Å². The molecule has 0 spiro atoms. The van der Waals surface area contributed by atoms with Gasteiger partial charge >= 0.3 is 0 Å². The average Bonchev–Trinajstić information content (AvgIpc) is 2.75. The summed E-state index contributed by atoms with van der Waals surface area (Å²) in [4.78, 5) is 11.8. The molecule has 0 unspecified atom stereocenters. The highest BCUT2D eigenvalue weighted by Gasteiger charge is 2.09. The van der Waals surface area contributed by atoms with E-state index in [1.165, 1.54) is 6.20 Å². The average molecular weight is 264 g/mol. The lowest BCUT2D eigenvalue weighted by Crippen LogP contribution is -2.25. The molecule has 0 bridgehead atoms. The Morgan fingerprint density at radius 3 is 3.00 bits per heavy atom. The van der Waals surface area contributed by atoms with E-state index in [4.69, 9.17) is 11.6 Å². The molecule has 1 heterocycles. The minimum absolute atomic E-state index is 0.108. The maximum absolute atomic E-state index is 11.8. The van der Waals surface area contributed by atoms with Crippen LogP contribution in [-0.4, -0.2) is 22.6 Å². The Morgan fingerprint density at radius 1 is 1.50 bits per heavy atom. The Labute approximate surface area is 110 Å². The van der Waals surface area contributed by atoms with Crippen LogP contribution in [-0.2, 0) is 6.42 Å². The summed E-state index contributed by atoms with van der Waals surface area (Å²) in [5.74, 6) is -0.108. The third-order valence-corrected chi connectivity index (χ3v) is 2.90. The molecular formula is C13H14ClN3O. The molecule has 0 radical (unpaired) electrons. The Morgan fingerprint density at radius 2 is 2.33 bits per heavy atom. The van der Waals surface area contributed by atoms with Gasteiger partial charge in [0, 0.05) is 17.3 Å². The van der Waals surface area contributed by atoms with Crippen molar-refractivity contribution in [3.63, 3.8) is 0 Å². The highest BCUT2D eigenvalue weighted by molar-refractivity contribution is 6.30. The van der Waals surface area contributed by atoms with Gasteiger partial charge in [-0.15, -0.1) is 0 Å². The van der Waals surface area contributed by atoms with Crippen LogP contribution in [0.15, 0.2) is 30.5 Å². The predicted octanol–water partition coefficient (Wildman–Crippen LogP) is 2.34. The van der Waals surface area contributed by atoms with Crippen molar-refractivity contribution in [3.05, 3.63) is 52.3 Å². The molecular weight excluding hydrogens is 250 g/mol. The van der Waals surface area contributed by atoms with E-state index in [9.17, 15) is 4.79 Å². The number of halogens is 1. The van der Waals surface area contributed by atoms with Crippen molar-refractivity contribution in [2.75, 3.05) is 6.54 Å². The summed E-state index contributed by atoms with van der Waals surface area (Å²) in [5, 5.41) is 10.1. The second-order valence-electron chi connectivity index (χ2n) is 4.04. The number of amides is 1. The first-order chi connectivity index (χ1) is 8.66. The summed E-state index contributed by atoms with van der Waals surface area (Å²) in [6, 6.07) is 7.62. The van der Waals surface area contributed by atoms with Gasteiger partial charge in [-0.3, -0.25) is 9.89 Å². The minimum atomic E-state index is -0.108. The lowest BCUT2D eigenvalue weighted by molar-refractivity contribution is 0.0953. The molecule has 5 heteroatoms. The van der Waals surface area contributed by atoms with Gasteiger partial charge in [0.1, 0.15) is 0 Å². The summed E-state index contributed by atoms with van der Waals surface area (Å²) >= 11 is 5.89. The van der Waals surface area contributed by atoms with Gasteiger partial charge < -0.3 is 5.32 Å². The molecule has 94 valence electrons. The maximum atomic E-state index is 11.8. The summed E-state index contributed by atoms with van der Waals surface area (Å²) < 4.78 is 0. The summed E-state index contributed by atoms with van der Waals surface area (Å²) in [5.41, 5.74) is 2.46. The lowest BCUT2D eigenvalue weighted by atomic mass is 10.1. The molecule has 2 aromatic rings. The molecule has 1 aromatic heterocycles. The third-order valence-electron chi connectivity index (χ3n) is 2.66. The van der Waals surface area contributed by atoms with Crippen molar-refractivity contribution >= 4 is 17.5 Å². The fourth-order valence-corrected chi connectivity index (χ4v) is 1.90. The number of nitrogens with one attached hydrogen (secondary N) is 2. The van der Waals surface area contributed by atoms with Gasteiger partial charge in [0.15, 0.2) is 0 Å². The monoisotopic (exact) mass is 263 g/mol. The zero-order chi connectivity index (χ0) is 13.0. The topological polar surface area (TPSA) is 57.8 Å². The van der Waals surface area contributed by atoms with Crippen molar-refractivity contribution in [1.82, 2.24) is 15.5 Å². The van der Waals surface area contributed by atoms with Crippen LogP contribution >= 0.6 is 11.6 Å². The van der Waals surface area contributed by atoms with Gasteiger partial charge in [0.05, 0.1) is 11.8 Å². The highest BCUT2D eigenvalue weighted by Crippen LogP contribution is 2.10. The smallest absolute Gasteiger partial charge is 0.254 e. The Bertz CT molecular complexity index is 551. The zero-order valence-corrected chi connectivity index (χ0v) is 10.8. The molecule has 2 N–H and O–H groups in total. The second kappa shape index (κ2) is 5.69. The van der Waals surface area contributed by atoms with Crippen molar-refractivity contribution in [3.8, 4) is 0 Å². The standard InChI is InChI=1S/C13H14ClN3O/c1-9-12(8-16-17-9)13(18)15-6-5-10-3-2-4-11(14)7-10/h2-4,7-8H,5-6H2,1H3,(H,15,18)(H,16,17). The van der Waals surface area contributed by atoms with E-state index in [0.717, 1.165) is 17.7 Å². The summed E-state index contributed by atoms with van der Waals surface area (Å²) in [6.45, 7) is 2.39. The predicted molar refractivity (Wildman–Crippen MR) is 70.8 cm³/mol. The first-order valence-corrected chi connectivity index (χ1v) is 6.07. The molecule has 0 atom stereocenters. The molecule has 0 saturated carbocycles. The molecule has 18 heavy (non-hydrogen) atoms. The van der Waals surface area contributed by atoms with Crippen LogP contribution in [0.2, 0.25) is 5.02 Å². The van der Waals surface area contributed by atoms with Crippen molar-refractivity contribution in [2.24, 2.45) is 0 Å². The van der Waals surface area contributed by atoms with Gasteiger partial charge in [0.2, 0.25) is 0 Å². The molecule has 0 fully saturated rings. The van der Waals surface area contributed by atoms with Gasteiger partial charge in [0.25, 0.3) is 5.91 Å². The fourth-order valence-electron chi connectivity index (χ4n) is 1.69. The van der Waals surface area contributed by atoms with Crippen molar-refractivity contribution in [1.29, 1.82) is 0 Å². The summed E-state index contributed by atoms with van der Waals surface area (Å²) in [7, 11) is 0. The Hall–Kier alpha value is -1.81. The van der Waals surface area contributed by atoms with Crippen molar-refractivity contribution < 1.29 is 4.79 Å². The van der Waals surface area contributed by atoms with Crippen LogP contribution in [0.4, 0.5) is 0 Å². The van der Waals surface area contributed by atoms with Gasteiger partial charge in [-0.25, -0.2) is 0 Å². The van der Waals surface area contributed by atoms with Crippen LogP contribution < -0.4 is 5.32 Å². The molecule has 2 rings (SSSR count). The molecule has 0 saturated heterocycles. The van der Waals surface area contributed by atoms with Crippen LogP contribution in [0.25, 0.3) is 0 Å². The number of aromatic nitrogens is 2. The highest BCUT2D eigenvalue weighted by atomic mass is 35.5. The molecule has 4 nitrogen and oxygen atoms in total. The molecule has 1 aromatic carbocycles. The van der Waals surface area contributed by atoms with E-state index in [0.29, 0.717) is 17.1 Å². The largest absolute Gasteiger partial charge is 0.352 e. The van der Waals surface area contributed by atoms with E-state index >= 15 is 0 Å². The maximum Gasteiger partial charge on any atom is 0.254 e. The number of carbonyl (C=O) groups excluding carboxylic acids is 1. The minimum Gasteiger partial charge on any atom is -0.352 e. The third kappa shape index (κ3) is 3.11. The lowest BCUT2D eigenvalue weighted by Gasteiger charge is -2.05. The number of aryl methyl sites for hydroxylation is 1. The Kier molecular flexibility index (Phi) is 3.99. The number of hydrogen-bond acceptors (Lipinski definition) is 2. The normalized spacial score (nSPS) is 10.3. The number of aromatic amines is 1. The SMILES string of the molecule is Cc1[nH]ncc1C(=O)NCCc1cccc(Cl)c1. The number of rotatable bonds is 4. The quantitative estimate of drug-likeness (QED) is 0.890. The second-order valence-corrected chi connectivity index (χ2v) is 4.48. The van der Waals surface area contributed by atoms with E-state index in [1.54, 1.807) is 0 Å². The molecule has 0 aliphatic heterocycles. The van der Waals surface area contributed by atoms with E-state index in [1.807, 2.05) is 31.2 Å². The van der Waals surface area contributed by atoms with E-state index in [2.05, 4.69) is 15.5 Å². The zero-order valence-electron chi connectivity index (χ0n) is 10.0. The van der Waals surface area contributed by atoms with Gasteiger partial charge in [-0.2, -0.15) is 5.10 Å². The number of benzene rings is 1.